The Kier molecular flexibility index (Phi) is 9.71. The molecule has 0 rings (SSSR count). The topological polar surface area (TPSA) is 74.6 Å². The molecule has 0 aromatic heterocycles. The van der Waals surface area contributed by atoms with Gasteiger partial charge in [0.25, 0.3) is 0 Å². The van der Waals surface area contributed by atoms with Crippen molar-refractivity contribution in [3.8, 4) is 0 Å². The molecule has 4 nitrogen and oxygen atoms in total. The van der Waals surface area contributed by atoms with Crippen LogP contribution in [0.15, 0.2) is 0 Å². The van der Waals surface area contributed by atoms with E-state index in [0.29, 0.717) is 0 Å². The van der Waals surface area contributed by atoms with Crippen LogP contribution in [0.3, 0.4) is 0 Å². The molecule has 0 aromatic rings. The van der Waals surface area contributed by atoms with E-state index in [4.69, 9.17) is 17.5 Å². The van der Waals surface area contributed by atoms with Crippen LogP contribution in [0.4, 0.5) is 0 Å². The molecule has 0 heterocycles. The quantitative estimate of drug-likeness (QED) is 0.384. The van der Waals surface area contributed by atoms with Gasteiger partial charge in [-0.05, 0) is 0 Å². The summed E-state index contributed by atoms with van der Waals surface area (Å²) in [6.45, 7) is 0. The molecular weight excluding hydrogens is 362 g/mol. The minimum Gasteiger partial charge on any atom is -0.264 e. The Balaban J connectivity index is 0. The zero-order valence-corrected chi connectivity index (χ0v) is 8.71. The summed E-state index contributed by atoms with van der Waals surface area (Å²) in [5.41, 5.74) is 0. The lowest BCUT2D eigenvalue weighted by atomic mass is 12.0. The van der Waals surface area contributed by atoms with Crippen molar-refractivity contribution in [2.75, 3.05) is 2.43 Å². The van der Waals surface area contributed by atoms with Crippen molar-refractivity contribution in [1.29, 1.82) is 0 Å². The van der Waals surface area contributed by atoms with Gasteiger partial charge >= 0.3 is 10.4 Å². The predicted molar refractivity (Wildman–Crippen MR) is 47.1 cm³/mol. The maximum absolute atomic E-state index is 8.74. The molecule has 0 amide bonds. The average Bonchev–Trinajstić information content (AvgIpc) is 1.27. The molecule has 7 heteroatoms. The minimum absolute atomic E-state index is 1.19. The van der Waals surface area contributed by atoms with Gasteiger partial charge in [-0.15, -0.1) is 0 Å². The van der Waals surface area contributed by atoms with Gasteiger partial charge in [0.2, 0.25) is 0 Å². The van der Waals surface area contributed by atoms with Crippen LogP contribution in [0.2, 0.25) is 0 Å². The lowest BCUT2D eigenvalue weighted by Gasteiger charge is -1.68. The fourth-order valence-corrected chi connectivity index (χ4v) is 0. The van der Waals surface area contributed by atoms with Gasteiger partial charge in [0, 0.05) is 0 Å². The summed E-state index contributed by atoms with van der Waals surface area (Å²) in [4.78, 5) is 0. The van der Waals surface area contributed by atoms with E-state index in [1.807, 2.05) is 0 Å². The van der Waals surface area contributed by atoms with E-state index in [-0.39, 0.29) is 0 Å². The molecule has 0 atom stereocenters. The second-order valence-electron chi connectivity index (χ2n) is 0.549. The van der Waals surface area contributed by atoms with E-state index in [2.05, 4.69) is 45.2 Å². The first-order valence-electron chi connectivity index (χ1n) is 1.23. The highest BCUT2D eigenvalue weighted by atomic mass is 127. The Morgan fingerprint density at radius 2 is 1.25 bits per heavy atom. The SMILES string of the molecule is ICI.O=S(=O)(O)O. The van der Waals surface area contributed by atoms with E-state index >= 15 is 0 Å². The number of alkyl halides is 2. The Labute approximate surface area is 74.9 Å². The number of halogens is 2. The molecule has 52 valence electrons. The average molecular weight is 366 g/mol. The third kappa shape index (κ3) is 166. The molecule has 0 saturated carbocycles. The van der Waals surface area contributed by atoms with Crippen molar-refractivity contribution in [3.05, 3.63) is 0 Å². The van der Waals surface area contributed by atoms with Gasteiger partial charge in [0.15, 0.2) is 0 Å². The highest BCUT2D eigenvalue weighted by Gasteiger charge is 1.84. The van der Waals surface area contributed by atoms with Crippen LogP contribution in [-0.2, 0) is 10.4 Å². The molecular formula is CH4I2O4S. The molecule has 0 unspecified atom stereocenters. The van der Waals surface area contributed by atoms with E-state index in [9.17, 15) is 0 Å². The van der Waals surface area contributed by atoms with Crippen LogP contribution < -0.4 is 0 Å². The van der Waals surface area contributed by atoms with Gasteiger partial charge < -0.3 is 0 Å². The fraction of sp³-hybridized carbons (Fsp3) is 1.00. The summed E-state index contributed by atoms with van der Waals surface area (Å²) in [5.74, 6) is 0. The third-order valence-electron chi connectivity index (χ3n) is 0. The largest absolute Gasteiger partial charge is 0.394 e. The molecule has 8 heavy (non-hydrogen) atoms. The van der Waals surface area contributed by atoms with Crippen LogP contribution in [-0.4, -0.2) is 20.0 Å². The van der Waals surface area contributed by atoms with Crippen LogP contribution in [0, 0.1) is 0 Å². The standard InChI is InChI=1S/CH2I2.H2O4S/c2-1-3;1-5(2,3)4/h1H2;(H2,1,2,3,4). The molecule has 0 aliphatic carbocycles. The lowest BCUT2D eigenvalue weighted by Crippen LogP contribution is -1.89. The second-order valence-corrected chi connectivity index (χ2v) is 5.89. The monoisotopic (exact) mass is 366 g/mol. The van der Waals surface area contributed by atoms with Gasteiger partial charge in [-0.2, -0.15) is 8.42 Å². The summed E-state index contributed by atoms with van der Waals surface area (Å²) < 4.78 is 32.8. The number of rotatable bonds is 0. The van der Waals surface area contributed by atoms with Crippen LogP contribution >= 0.6 is 45.2 Å². The van der Waals surface area contributed by atoms with Crippen molar-refractivity contribution in [2.45, 2.75) is 0 Å². The summed E-state index contributed by atoms with van der Waals surface area (Å²) >= 11 is 4.55. The molecule has 0 bridgehead atoms. The summed E-state index contributed by atoms with van der Waals surface area (Å²) in [6, 6.07) is 0. The normalized spacial score (nSPS) is 9.50. The van der Waals surface area contributed by atoms with Crippen molar-refractivity contribution in [3.63, 3.8) is 0 Å². The maximum Gasteiger partial charge on any atom is 0.394 e. The number of hydrogen-bond donors (Lipinski definition) is 2. The zero-order valence-electron chi connectivity index (χ0n) is 3.58. The summed E-state index contributed by atoms with van der Waals surface area (Å²) in [7, 11) is -4.67. The second kappa shape index (κ2) is 6.45. The van der Waals surface area contributed by atoms with Gasteiger partial charge in [0.05, 0.1) is 2.43 Å². The Hall–Kier alpha value is 1.33. The first kappa shape index (κ1) is 12.0. The molecule has 2 N–H and O–H groups in total. The van der Waals surface area contributed by atoms with Crippen molar-refractivity contribution < 1.29 is 17.5 Å². The van der Waals surface area contributed by atoms with Crippen LogP contribution in [0.25, 0.3) is 0 Å². The Bertz CT molecular complexity index is 108. The lowest BCUT2D eigenvalue weighted by molar-refractivity contribution is 0.381. The van der Waals surface area contributed by atoms with Gasteiger partial charge in [-0.3, -0.25) is 9.11 Å². The van der Waals surface area contributed by atoms with E-state index < -0.39 is 10.4 Å². The highest BCUT2D eigenvalue weighted by Crippen LogP contribution is 1.86. The third-order valence-corrected chi connectivity index (χ3v) is 0. The highest BCUT2D eigenvalue weighted by molar-refractivity contribution is 14.2. The molecule has 0 aliphatic rings. The molecule has 0 radical (unpaired) electrons. The smallest absolute Gasteiger partial charge is 0.264 e. The van der Waals surface area contributed by atoms with Gasteiger partial charge in [0.1, 0.15) is 0 Å². The Morgan fingerprint density at radius 3 is 1.25 bits per heavy atom. The van der Waals surface area contributed by atoms with Crippen LogP contribution in [0.1, 0.15) is 0 Å². The predicted octanol–water partition coefficient (Wildman–Crippen LogP) is 1.16. The minimum atomic E-state index is -4.67. The summed E-state index contributed by atoms with van der Waals surface area (Å²) in [5, 5.41) is 0. The van der Waals surface area contributed by atoms with Crippen molar-refractivity contribution in [2.24, 2.45) is 0 Å². The Morgan fingerprint density at radius 1 is 1.25 bits per heavy atom. The first-order valence-corrected chi connectivity index (χ1v) is 5.68. The summed E-state index contributed by atoms with van der Waals surface area (Å²) in [6.07, 6.45) is 0. The van der Waals surface area contributed by atoms with E-state index in [0.717, 1.165) is 0 Å². The molecule has 0 spiro atoms. The zero-order chi connectivity index (χ0) is 7.21. The van der Waals surface area contributed by atoms with Gasteiger partial charge in [-0.1, -0.05) is 45.2 Å². The maximum atomic E-state index is 8.74. The van der Waals surface area contributed by atoms with Gasteiger partial charge in [-0.25, -0.2) is 0 Å². The molecule has 0 saturated heterocycles. The molecule has 0 aromatic carbocycles. The van der Waals surface area contributed by atoms with Crippen molar-refractivity contribution >= 4 is 55.6 Å². The molecule has 0 fully saturated rings. The van der Waals surface area contributed by atoms with Crippen LogP contribution in [0.5, 0.6) is 0 Å². The number of hydrogen-bond acceptors (Lipinski definition) is 2. The van der Waals surface area contributed by atoms with E-state index in [1.165, 1.54) is 2.43 Å². The van der Waals surface area contributed by atoms with E-state index in [1.54, 1.807) is 0 Å². The van der Waals surface area contributed by atoms with Crippen molar-refractivity contribution in [1.82, 2.24) is 0 Å². The fourth-order valence-electron chi connectivity index (χ4n) is 0. The molecule has 0 aliphatic heterocycles. The first-order chi connectivity index (χ1) is 3.41.